The molecule has 3 aromatic rings. The highest BCUT2D eigenvalue weighted by atomic mass is 32.1. The number of hydrogen-bond donors (Lipinski definition) is 1. The molecule has 132 valence electrons. The number of carboxylic acid groups (broad SMARTS) is 1. The normalized spacial score (nSPS) is 10.5. The third-order valence-corrected chi connectivity index (χ3v) is 4.87. The summed E-state index contributed by atoms with van der Waals surface area (Å²) in [4.78, 5) is 23.5. The molecular formula is C20H15FO4S. The number of ether oxygens (including phenoxy) is 1. The Bertz CT molecular complexity index is 977. The number of aromatic carboxylic acids is 1. The fraction of sp³-hybridized carbons (Fsp3) is 0.100. The van der Waals surface area contributed by atoms with Gasteiger partial charge in [0.1, 0.15) is 16.4 Å². The first-order valence-corrected chi connectivity index (χ1v) is 8.64. The molecule has 0 saturated heterocycles. The zero-order valence-electron chi connectivity index (χ0n) is 13.9. The lowest BCUT2D eigenvalue weighted by molar-refractivity contribution is 0.0697. The molecule has 0 bridgehead atoms. The molecule has 0 atom stereocenters. The molecule has 0 aliphatic heterocycles. The summed E-state index contributed by atoms with van der Waals surface area (Å²) in [5.41, 5.74) is 1.80. The van der Waals surface area contributed by atoms with Crippen molar-refractivity contribution in [3.8, 4) is 16.9 Å². The number of carbonyl (C=O) groups is 2. The molecular weight excluding hydrogens is 355 g/mol. The first-order valence-electron chi connectivity index (χ1n) is 7.76. The fourth-order valence-corrected chi connectivity index (χ4v) is 3.39. The number of thiophene rings is 1. The Labute approximate surface area is 153 Å². The Morgan fingerprint density at radius 2 is 1.88 bits per heavy atom. The largest absolute Gasteiger partial charge is 0.497 e. The lowest BCUT2D eigenvalue weighted by Gasteiger charge is -2.08. The average Bonchev–Trinajstić information content (AvgIpc) is 3.13. The molecule has 0 amide bonds. The van der Waals surface area contributed by atoms with Crippen LogP contribution >= 0.6 is 11.3 Å². The summed E-state index contributed by atoms with van der Waals surface area (Å²) in [6.07, 6.45) is -0.193. The van der Waals surface area contributed by atoms with Crippen molar-refractivity contribution in [1.29, 1.82) is 0 Å². The number of hydrogen-bond acceptors (Lipinski definition) is 4. The highest BCUT2D eigenvalue weighted by molar-refractivity contribution is 7.12. The maximum Gasteiger partial charge on any atom is 0.346 e. The fourth-order valence-electron chi connectivity index (χ4n) is 2.64. The second-order valence-corrected chi connectivity index (χ2v) is 6.52. The summed E-state index contributed by atoms with van der Waals surface area (Å²) in [6, 6.07) is 13.3. The van der Waals surface area contributed by atoms with Crippen molar-refractivity contribution in [2.45, 2.75) is 6.42 Å². The molecule has 0 spiro atoms. The van der Waals surface area contributed by atoms with Crippen LogP contribution in [0.3, 0.4) is 0 Å². The van der Waals surface area contributed by atoms with Crippen molar-refractivity contribution in [3.63, 3.8) is 0 Å². The topological polar surface area (TPSA) is 63.6 Å². The Kier molecular flexibility index (Phi) is 5.14. The van der Waals surface area contributed by atoms with E-state index in [4.69, 9.17) is 9.84 Å². The maximum absolute atomic E-state index is 14.5. The van der Waals surface area contributed by atoms with E-state index >= 15 is 0 Å². The highest BCUT2D eigenvalue weighted by Gasteiger charge is 2.19. The smallest absolute Gasteiger partial charge is 0.346 e. The molecule has 1 N–H and O–H groups in total. The van der Waals surface area contributed by atoms with Crippen molar-refractivity contribution < 1.29 is 23.8 Å². The Balaban J connectivity index is 1.85. The molecule has 0 unspecified atom stereocenters. The first kappa shape index (κ1) is 17.8. The summed E-state index contributed by atoms with van der Waals surface area (Å²) in [7, 11) is 1.56. The number of methoxy groups -OCH3 is 1. The SMILES string of the molecule is COc1cccc(-c2ccc(CC(=O)c3ccsc3C(=O)O)c(F)c2)c1. The molecule has 4 nitrogen and oxygen atoms in total. The molecule has 0 saturated carbocycles. The third kappa shape index (κ3) is 3.65. The van der Waals surface area contributed by atoms with Crippen LogP contribution in [-0.2, 0) is 6.42 Å². The summed E-state index contributed by atoms with van der Waals surface area (Å²) in [5.74, 6) is -1.42. The van der Waals surface area contributed by atoms with Crippen molar-refractivity contribution >= 4 is 23.1 Å². The van der Waals surface area contributed by atoms with Crippen LogP contribution in [0.1, 0.15) is 25.6 Å². The molecule has 0 radical (unpaired) electrons. The molecule has 26 heavy (non-hydrogen) atoms. The Hall–Kier alpha value is -2.99. The van der Waals surface area contributed by atoms with Crippen molar-refractivity contribution in [2.24, 2.45) is 0 Å². The number of halogens is 1. The second kappa shape index (κ2) is 7.49. The van der Waals surface area contributed by atoms with Crippen LogP contribution in [0, 0.1) is 5.82 Å². The van der Waals surface area contributed by atoms with E-state index < -0.39 is 17.6 Å². The van der Waals surface area contributed by atoms with Crippen molar-refractivity contribution in [1.82, 2.24) is 0 Å². The van der Waals surface area contributed by atoms with Crippen molar-refractivity contribution in [3.05, 3.63) is 75.7 Å². The van der Waals surface area contributed by atoms with E-state index in [1.807, 2.05) is 12.1 Å². The number of benzene rings is 2. The summed E-state index contributed by atoms with van der Waals surface area (Å²) >= 11 is 0.978. The van der Waals surface area contributed by atoms with Gasteiger partial charge >= 0.3 is 5.97 Å². The van der Waals surface area contributed by atoms with Gasteiger partial charge in [0, 0.05) is 12.0 Å². The molecule has 1 heterocycles. The van der Waals surface area contributed by atoms with Gasteiger partial charge in [-0.05, 0) is 46.3 Å². The van der Waals surface area contributed by atoms with E-state index in [9.17, 15) is 14.0 Å². The molecule has 1 aromatic heterocycles. The van der Waals surface area contributed by atoms with Gasteiger partial charge in [-0.2, -0.15) is 0 Å². The van der Waals surface area contributed by atoms with Crippen LogP contribution in [0.25, 0.3) is 11.1 Å². The van der Waals surface area contributed by atoms with E-state index in [2.05, 4.69) is 0 Å². The summed E-state index contributed by atoms with van der Waals surface area (Å²) in [5, 5.41) is 10.6. The summed E-state index contributed by atoms with van der Waals surface area (Å²) < 4.78 is 19.7. The quantitative estimate of drug-likeness (QED) is 0.640. The zero-order valence-corrected chi connectivity index (χ0v) is 14.7. The van der Waals surface area contributed by atoms with Crippen LogP contribution in [-0.4, -0.2) is 24.0 Å². The minimum atomic E-state index is -1.16. The monoisotopic (exact) mass is 370 g/mol. The zero-order chi connectivity index (χ0) is 18.7. The van der Waals surface area contributed by atoms with E-state index in [1.165, 1.54) is 12.1 Å². The average molecular weight is 370 g/mol. The van der Waals surface area contributed by atoms with Gasteiger partial charge in [0.05, 0.1) is 7.11 Å². The Morgan fingerprint density at radius 1 is 1.12 bits per heavy atom. The van der Waals surface area contributed by atoms with Crippen LogP contribution in [0.5, 0.6) is 5.75 Å². The van der Waals surface area contributed by atoms with Gasteiger partial charge in [-0.3, -0.25) is 4.79 Å². The highest BCUT2D eigenvalue weighted by Crippen LogP contribution is 2.26. The van der Waals surface area contributed by atoms with E-state index in [0.717, 1.165) is 16.9 Å². The maximum atomic E-state index is 14.5. The van der Waals surface area contributed by atoms with Gasteiger partial charge in [0.15, 0.2) is 5.78 Å². The molecule has 2 aromatic carbocycles. The third-order valence-electron chi connectivity index (χ3n) is 3.97. The van der Waals surface area contributed by atoms with Crippen LogP contribution in [0.15, 0.2) is 53.9 Å². The van der Waals surface area contributed by atoms with Gasteiger partial charge in [-0.15, -0.1) is 11.3 Å². The van der Waals surface area contributed by atoms with Gasteiger partial charge in [0.2, 0.25) is 0 Å². The standard InChI is InChI=1S/C20H15FO4S/c1-25-15-4-2-3-12(9-15)13-5-6-14(17(21)10-13)11-18(22)16-7-8-26-19(16)20(23)24/h2-10H,11H2,1H3,(H,23,24). The molecule has 0 fully saturated rings. The first-order chi connectivity index (χ1) is 12.5. The minimum absolute atomic E-state index is 0.0246. The van der Waals surface area contributed by atoms with Gasteiger partial charge in [0.25, 0.3) is 0 Å². The van der Waals surface area contributed by atoms with Crippen LogP contribution < -0.4 is 4.74 Å². The van der Waals surface area contributed by atoms with Gasteiger partial charge < -0.3 is 9.84 Å². The molecule has 0 aliphatic carbocycles. The predicted octanol–water partition coefficient (Wildman–Crippen LogP) is 4.69. The minimum Gasteiger partial charge on any atom is -0.497 e. The van der Waals surface area contributed by atoms with E-state index in [1.54, 1.807) is 36.8 Å². The van der Waals surface area contributed by atoms with E-state index in [0.29, 0.717) is 11.3 Å². The van der Waals surface area contributed by atoms with Crippen LogP contribution in [0.2, 0.25) is 0 Å². The number of Topliss-reactive ketones (excluding diaryl/α,β-unsaturated/α-hetero) is 1. The second-order valence-electron chi connectivity index (χ2n) is 5.61. The number of ketones is 1. The molecule has 6 heteroatoms. The van der Waals surface area contributed by atoms with Gasteiger partial charge in [-0.25, -0.2) is 9.18 Å². The van der Waals surface area contributed by atoms with Gasteiger partial charge in [-0.1, -0.05) is 24.3 Å². The number of rotatable bonds is 6. The van der Waals surface area contributed by atoms with Crippen molar-refractivity contribution in [2.75, 3.05) is 7.11 Å². The summed E-state index contributed by atoms with van der Waals surface area (Å²) in [6.45, 7) is 0. The predicted molar refractivity (Wildman–Crippen MR) is 97.7 cm³/mol. The lowest BCUT2D eigenvalue weighted by atomic mass is 9.99. The lowest BCUT2D eigenvalue weighted by Crippen LogP contribution is -2.09. The number of carbonyl (C=O) groups excluding carboxylic acids is 1. The van der Waals surface area contributed by atoms with E-state index in [-0.39, 0.29) is 22.4 Å². The molecule has 3 rings (SSSR count). The molecule has 0 aliphatic rings. The van der Waals surface area contributed by atoms with Crippen LogP contribution in [0.4, 0.5) is 4.39 Å². The Morgan fingerprint density at radius 3 is 2.58 bits per heavy atom. The number of carboxylic acids is 1.